The summed E-state index contributed by atoms with van der Waals surface area (Å²) in [6.07, 6.45) is -4.87. The highest BCUT2D eigenvalue weighted by atomic mass is 19.4. The van der Waals surface area contributed by atoms with Crippen LogP contribution in [0.5, 0.6) is 0 Å². The third kappa shape index (κ3) is 4.49. The molecule has 1 atom stereocenters. The Morgan fingerprint density at radius 2 is 1.84 bits per heavy atom. The Balaban J connectivity index is 3.72. The molecule has 25 heavy (non-hydrogen) atoms. The van der Waals surface area contributed by atoms with E-state index in [1.165, 1.54) is 27.8 Å². The van der Waals surface area contributed by atoms with Gasteiger partial charge in [0.25, 0.3) is 0 Å². The third-order valence-corrected chi connectivity index (χ3v) is 3.92. The van der Waals surface area contributed by atoms with Crippen molar-refractivity contribution in [3.63, 3.8) is 0 Å². The third-order valence-electron chi connectivity index (χ3n) is 3.92. The number of alkyl halides is 3. The van der Waals surface area contributed by atoms with Crippen molar-refractivity contribution in [1.29, 1.82) is 0 Å². The number of nitrogens with two attached hydrogens (primary N) is 1. The number of rotatable bonds is 5. The predicted molar refractivity (Wildman–Crippen MR) is 90.7 cm³/mol. The number of anilines is 1. The van der Waals surface area contributed by atoms with Crippen LogP contribution in [0.15, 0.2) is 16.8 Å². The highest BCUT2D eigenvalue weighted by molar-refractivity contribution is 6.24. The summed E-state index contributed by atoms with van der Waals surface area (Å²) in [7, 11) is 1.45. The summed E-state index contributed by atoms with van der Waals surface area (Å²) in [4.78, 5) is 3.94. The molecule has 0 spiro atoms. The summed E-state index contributed by atoms with van der Waals surface area (Å²) in [6.45, 7) is 5.57. The molecule has 0 heterocycles. The van der Waals surface area contributed by atoms with Crippen LogP contribution in [-0.2, 0) is 0 Å². The van der Waals surface area contributed by atoms with Gasteiger partial charge >= 0.3 is 6.18 Å². The first-order valence-corrected chi connectivity index (χ1v) is 7.67. The summed E-state index contributed by atoms with van der Waals surface area (Å²) in [5, 5.41) is 2.21. The standard InChI is InChI=1S/C17H22F5N3/c1-6-13(17(20,21)22)25-12-7-11(18)8(2)16(19)15(12)14(9(3)23)10(4)24-5/h7,13,25H,6,23H2,1-5H3/b14-9+,24-10?. The van der Waals surface area contributed by atoms with Gasteiger partial charge in [0.15, 0.2) is 0 Å². The monoisotopic (exact) mass is 363 g/mol. The molecule has 3 N–H and O–H groups in total. The molecule has 0 aromatic heterocycles. The summed E-state index contributed by atoms with van der Waals surface area (Å²) < 4.78 is 68.0. The van der Waals surface area contributed by atoms with E-state index in [0.717, 1.165) is 6.07 Å². The Morgan fingerprint density at radius 3 is 2.24 bits per heavy atom. The number of allylic oxidation sites excluding steroid dienone is 2. The zero-order valence-corrected chi connectivity index (χ0v) is 14.8. The van der Waals surface area contributed by atoms with E-state index in [1.54, 1.807) is 6.92 Å². The zero-order chi connectivity index (χ0) is 19.5. The molecular formula is C17H22F5N3. The molecule has 1 aromatic carbocycles. The van der Waals surface area contributed by atoms with Crippen molar-refractivity contribution in [3.05, 3.63) is 34.5 Å². The molecule has 0 radical (unpaired) electrons. The first kappa shape index (κ1) is 20.9. The molecule has 0 saturated carbocycles. The van der Waals surface area contributed by atoms with Crippen molar-refractivity contribution in [3.8, 4) is 0 Å². The van der Waals surface area contributed by atoms with Gasteiger partial charge in [-0.2, -0.15) is 13.2 Å². The van der Waals surface area contributed by atoms with Crippen LogP contribution in [-0.4, -0.2) is 25.0 Å². The van der Waals surface area contributed by atoms with Gasteiger partial charge in [-0.05, 0) is 33.3 Å². The second kappa shape index (κ2) is 7.84. The Bertz CT molecular complexity index is 701. The first-order chi connectivity index (χ1) is 11.4. The number of halogens is 5. The maximum absolute atomic E-state index is 14.8. The summed E-state index contributed by atoms with van der Waals surface area (Å²) >= 11 is 0. The van der Waals surface area contributed by atoms with Gasteiger partial charge in [0.1, 0.15) is 17.7 Å². The molecule has 0 saturated heterocycles. The number of aliphatic imine (C=N–C) groups is 1. The van der Waals surface area contributed by atoms with E-state index < -0.39 is 23.9 Å². The van der Waals surface area contributed by atoms with Gasteiger partial charge in [0.2, 0.25) is 0 Å². The van der Waals surface area contributed by atoms with Crippen LogP contribution < -0.4 is 11.1 Å². The Hall–Kier alpha value is -2.12. The molecule has 1 unspecified atom stereocenters. The molecule has 0 aliphatic carbocycles. The van der Waals surface area contributed by atoms with Gasteiger partial charge in [-0.1, -0.05) is 6.92 Å². The topological polar surface area (TPSA) is 50.4 Å². The molecule has 0 bridgehead atoms. The predicted octanol–water partition coefficient (Wildman–Crippen LogP) is 4.81. The molecule has 0 amide bonds. The zero-order valence-electron chi connectivity index (χ0n) is 14.8. The minimum atomic E-state index is -4.57. The van der Waals surface area contributed by atoms with Gasteiger partial charge in [-0.25, -0.2) is 8.78 Å². The second-order valence-corrected chi connectivity index (χ2v) is 5.73. The van der Waals surface area contributed by atoms with Crippen LogP contribution in [0.2, 0.25) is 0 Å². The molecular weight excluding hydrogens is 341 g/mol. The van der Waals surface area contributed by atoms with Gasteiger partial charge in [-0.3, -0.25) is 4.99 Å². The maximum atomic E-state index is 14.8. The van der Waals surface area contributed by atoms with Gasteiger partial charge in [-0.15, -0.1) is 0 Å². The van der Waals surface area contributed by atoms with Crippen molar-refractivity contribution in [2.24, 2.45) is 10.7 Å². The number of hydrogen-bond acceptors (Lipinski definition) is 3. The van der Waals surface area contributed by atoms with Crippen molar-refractivity contribution in [1.82, 2.24) is 0 Å². The Morgan fingerprint density at radius 1 is 1.28 bits per heavy atom. The van der Waals surface area contributed by atoms with E-state index in [2.05, 4.69) is 10.3 Å². The van der Waals surface area contributed by atoms with E-state index in [0.29, 0.717) is 5.71 Å². The second-order valence-electron chi connectivity index (χ2n) is 5.73. The number of hydrogen-bond donors (Lipinski definition) is 2. The molecule has 0 aliphatic rings. The smallest absolute Gasteiger partial charge is 0.402 e. The summed E-state index contributed by atoms with van der Waals surface area (Å²) in [5.74, 6) is -1.91. The van der Waals surface area contributed by atoms with Crippen molar-refractivity contribution >= 4 is 17.0 Å². The first-order valence-electron chi connectivity index (χ1n) is 7.67. The van der Waals surface area contributed by atoms with Crippen molar-refractivity contribution < 1.29 is 22.0 Å². The lowest BCUT2D eigenvalue weighted by atomic mass is 9.94. The van der Waals surface area contributed by atoms with E-state index in [4.69, 9.17) is 5.73 Å². The Labute approximate surface area is 143 Å². The average Bonchev–Trinajstić information content (AvgIpc) is 2.51. The number of nitrogens with one attached hydrogen (secondary N) is 1. The van der Waals surface area contributed by atoms with Crippen molar-refractivity contribution in [2.45, 2.75) is 46.3 Å². The van der Waals surface area contributed by atoms with Crippen LogP contribution in [0.4, 0.5) is 27.6 Å². The van der Waals surface area contributed by atoms with Crippen LogP contribution in [0.1, 0.15) is 38.3 Å². The Kier molecular flexibility index (Phi) is 6.56. The lowest BCUT2D eigenvalue weighted by molar-refractivity contribution is -0.142. The van der Waals surface area contributed by atoms with E-state index >= 15 is 0 Å². The largest absolute Gasteiger partial charge is 0.408 e. The van der Waals surface area contributed by atoms with Crippen LogP contribution in [0.25, 0.3) is 5.57 Å². The summed E-state index contributed by atoms with van der Waals surface area (Å²) in [6, 6.07) is -1.10. The van der Waals surface area contributed by atoms with Crippen LogP contribution in [0.3, 0.4) is 0 Å². The number of benzene rings is 1. The van der Waals surface area contributed by atoms with Gasteiger partial charge < -0.3 is 11.1 Å². The molecule has 1 rings (SSSR count). The molecule has 0 fully saturated rings. The molecule has 8 heteroatoms. The minimum Gasteiger partial charge on any atom is -0.402 e. The SMILES string of the molecule is CCC(Nc1cc(F)c(C)c(F)c1/C(C(C)=NC)=C(\C)N)C(F)(F)F. The van der Waals surface area contributed by atoms with Crippen LogP contribution in [0, 0.1) is 18.6 Å². The molecule has 3 nitrogen and oxygen atoms in total. The normalized spacial score (nSPS) is 15.0. The number of nitrogens with zero attached hydrogens (tertiary/aromatic N) is 1. The van der Waals surface area contributed by atoms with Crippen LogP contribution >= 0.6 is 0 Å². The highest BCUT2D eigenvalue weighted by Crippen LogP contribution is 2.35. The minimum absolute atomic E-state index is 0.141. The fourth-order valence-electron chi connectivity index (χ4n) is 2.45. The molecule has 0 aliphatic heterocycles. The lowest BCUT2D eigenvalue weighted by Gasteiger charge is -2.25. The quantitative estimate of drug-likeness (QED) is 0.583. The fraction of sp³-hybridized carbons (Fsp3) is 0.471. The van der Waals surface area contributed by atoms with Crippen molar-refractivity contribution in [2.75, 3.05) is 12.4 Å². The maximum Gasteiger partial charge on any atom is 0.408 e. The summed E-state index contributed by atoms with van der Waals surface area (Å²) in [5.41, 5.74) is 5.61. The fourth-order valence-corrected chi connectivity index (χ4v) is 2.45. The van der Waals surface area contributed by atoms with Gasteiger partial charge in [0.05, 0.1) is 0 Å². The van der Waals surface area contributed by atoms with Gasteiger partial charge in [0, 0.05) is 40.8 Å². The molecule has 1 aromatic rings. The molecule has 140 valence electrons. The lowest BCUT2D eigenvalue weighted by Crippen LogP contribution is -2.36. The van der Waals surface area contributed by atoms with E-state index in [1.807, 2.05) is 0 Å². The average molecular weight is 363 g/mol. The van der Waals surface area contributed by atoms with E-state index in [-0.39, 0.29) is 34.5 Å². The van der Waals surface area contributed by atoms with E-state index in [9.17, 15) is 22.0 Å². The highest BCUT2D eigenvalue weighted by Gasteiger charge is 2.39.